The van der Waals surface area contributed by atoms with Crippen molar-refractivity contribution in [1.82, 2.24) is 0 Å². The van der Waals surface area contributed by atoms with Crippen LogP contribution >= 0.6 is 11.8 Å². The van der Waals surface area contributed by atoms with Gasteiger partial charge in [-0.2, -0.15) is 30.2 Å². The van der Waals surface area contributed by atoms with Gasteiger partial charge in [0.25, 0.3) is 0 Å². The van der Waals surface area contributed by atoms with Crippen LogP contribution < -0.4 is 5.32 Å². The van der Waals surface area contributed by atoms with Crippen LogP contribution in [0.3, 0.4) is 0 Å². The summed E-state index contributed by atoms with van der Waals surface area (Å²) >= 11 is 1.76. The molecule has 0 fully saturated rings. The Balaban J connectivity index is 2.67. The standard InChI is InChI=1S/C13H15F3N2S/c1-19-7-3-2-6-18-12-5-4-11(13(14,15)16)8-10(12)9-17/h4-5,8,18H,2-3,6-7H2,1H3. The fraction of sp³-hybridized carbons (Fsp3) is 0.462. The molecule has 104 valence electrons. The lowest BCUT2D eigenvalue weighted by atomic mass is 10.1. The minimum absolute atomic E-state index is 0.0275. The van der Waals surface area contributed by atoms with E-state index in [0.717, 1.165) is 30.7 Å². The Kier molecular flexibility index (Phi) is 6.03. The van der Waals surface area contributed by atoms with Crippen molar-refractivity contribution in [2.75, 3.05) is 23.9 Å². The van der Waals surface area contributed by atoms with Gasteiger partial charge in [-0.25, -0.2) is 0 Å². The van der Waals surface area contributed by atoms with E-state index in [-0.39, 0.29) is 5.56 Å². The van der Waals surface area contributed by atoms with Gasteiger partial charge >= 0.3 is 6.18 Å². The Morgan fingerprint density at radius 1 is 1.32 bits per heavy atom. The summed E-state index contributed by atoms with van der Waals surface area (Å²) in [5, 5.41) is 11.9. The van der Waals surface area contributed by atoms with Gasteiger partial charge in [-0.15, -0.1) is 0 Å². The molecular formula is C13H15F3N2S. The van der Waals surface area contributed by atoms with Crippen LogP contribution in [0.4, 0.5) is 18.9 Å². The third-order valence-electron chi connectivity index (χ3n) is 2.56. The molecule has 0 bridgehead atoms. The Morgan fingerprint density at radius 2 is 2.05 bits per heavy atom. The first-order chi connectivity index (χ1) is 8.99. The van der Waals surface area contributed by atoms with Crippen molar-refractivity contribution in [2.45, 2.75) is 19.0 Å². The highest BCUT2D eigenvalue weighted by Gasteiger charge is 2.30. The molecule has 0 saturated heterocycles. The Morgan fingerprint density at radius 3 is 2.63 bits per heavy atom. The number of unbranched alkanes of at least 4 members (excludes halogenated alkanes) is 1. The molecule has 0 amide bonds. The summed E-state index contributed by atoms with van der Waals surface area (Å²) in [4.78, 5) is 0. The highest BCUT2D eigenvalue weighted by Crippen LogP contribution is 2.31. The summed E-state index contributed by atoms with van der Waals surface area (Å²) in [6, 6.07) is 4.98. The van der Waals surface area contributed by atoms with E-state index in [0.29, 0.717) is 12.2 Å². The van der Waals surface area contributed by atoms with Gasteiger partial charge in [-0.1, -0.05) is 0 Å². The zero-order valence-corrected chi connectivity index (χ0v) is 11.4. The van der Waals surface area contributed by atoms with Gasteiger partial charge in [-0.05, 0) is 43.0 Å². The molecule has 0 unspecified atom stereocenters. The van der Waals surface area contributed by atoms with Gasteiger partial charge in [-0.3, -0.25) is 0 Å². The monoisotopic (exact) mass is 288 g/mol. The lowest BCUT2D eigenvalue weighted by Crippen LogP contribution is -2.08. The van der Waals surface area contributed by atoms with Crippen molar-refractivity contribution in [3.05, 3.63) is 29.3 Å². The van der Waals surface area contributed by atoms with E-state index in [1.807, 2.05) is 6.26 Å². The summed E-state index contributed by atoms with van der Waals surface area (Å²) in [7, 11) is 0. The Labute approximate surface area is 115 Å². The number of alkyl halides is 3. The molecule has 1 aromatic carbocycles. The van der Waals surface area contributed by atoms with E-state index < -0.39 is 11.7 Å². The summed E-state index contributed by atoms with van der Waals surface area (Å²) in [5.41, 5.74) is -0.309. The zero-order chi connectivity index (χ0) is 14.3. The van der Waals surface area contributed by atoms with Gasteiger partial charge in [0, 0.05) is 6.54 Å². The van der Waals surface area contributed by atoms with Crippen molar-refractivity contribution in [2.24, 2.45) is 0 Å². The van der Waals surface area contributed by atoms with Crippen LogP contribution in [-0.2, 0) is 6.18 Å². The maximum absolute atomic E-state index is 12.5. The Hall–Kier alpha value is -1.35. The van der Waals surface area contributed by atoms with Gasteiger partial charge < -0.3 is 5.32 Å². The molecule has 0 radical (unpaired) electrons. The third-order valence-corrected chi connectivity index (χ3v) is 3.25. The molecule has 0 aliphatic carbocycles. The number of halogens is 3. The van der Waals surface area contributed by atoms with Crippen LogP contribution in [0.1, 0.15) is 24.0 Å². The second-order valence-corrected chi connectivity index (χ2v) is 4.98. The average molecular weight is 288 g/mol. The molecule has 1 N–H and O–H groups in total. The fourth-order valence-corrected chi connectivity index (χ4v) is 2.05. The van der Waals surface area contributed by atoms with Crippen molar-refractivity contribution in [3.63, 3.8) is 0 Å². The van der Waals surface area contributed by atoms with E-state index in [1.165, 1.54) is 6.07 Å². The molecular weight excluding hydrogens is 273 g/mol. The molecule has 0 saturated carbocycles. The lowest BCUT2D eigenvalue weighted by Gasteiger charge is -2.11. The molecule has 0 atom stereocenters. The first kappa shape index (κ1) is 15.7. The first-order valence-electron chi connectivity index (χ1n) is 5.83. The summed E-state index contributed by atoms with van der Waals surface area (Å²) in [6.45, 7) is 0.653. The molecule has 1 rings (SSSR count). The summed E-state index contributed by atoms with van der Waals surface area (Å²) in [5.74, 6) is 1.06. The SMILES string of the molecule is CSCCCCNc1ccc(C(F)(F)F)cc1C#N. The fourth-order valence-electron chi connectivity index (χ4n) is 1.56. The van der Waals surface area contributed by atoms with Gasteiger partial charge in [0.2, 0.25) is 0 Å². The maximum Gasteiger partial charge on any atom is 0.416 e. The number of hydrogen-bond donors (Lipinski definition) is 1. The van der Waals surface area contributed by atoms with Crippen LogP contribution in [0.5, 0.6) is 0 Å². The topological polar surface area (TPSA) is 35.8 Å². The first-order valence-corrected chi connectivity index (χ1v) is 7.22. The van der Waals surface area contributed by atoms with Gasteiger partial charge in [0.1, 0.15) is 6.07 Å². The van der Waals surface area contributed by atoms with E-state index in [2.05, 4.69) is 5.32 Å². The number of nitriles is 1. The highest BCUT2D eigenvalue weighted by molar-refractivity contribution is 7.98. The van der Waals surface area contributed by atoms with E-state index in [4.69, 9.17) is 5.26 Å². The molecule has 0 spiro atoms. The van der Waals surface area contributed by atoms with Gasteiger partial charge in [0.15, 0.2) is 0 Å². The largest absolute Gasteiger partial charge is 0.416 e. The van der Waals surface area contributed by atoms with Crippen LogP contribution in [0.2, 0.25) is 0 Å². The highest BCUT2D eigenvalue weighted by atomic mass is 32.2. The van der Waals surface area contributed by atoms with Crippen LogP contribution in [0.15, 0.2) is 18.2 Å². The van der Waals surface area contributed by atoms with E-state index in [9.17, 15) is 13.2 Å². The zero-order valence-electron chi connectivity index (χ0n) is 10.5. The predicted octanol–water partition coefficient (Wildman–Crippen LogP) is 4.13. The number of nitrogens with one attached hydrogen (secondary N) is 1. The quantitative estimate of drug-likeness (QED) is 0.799. The molecule has 19 heavy (non-hydrogen) atoms. The number of nitrogens with zero attached hydrogens (tertiary/aromatic N) is 1. The smallest absolute Gasteiger partial charge is 0.384 e. The van der Waals surface area contributed by atoms with Gasteiger partial charge in [0.05, 0.1) is 16.8 Å². The Bertz CT molecular complexity index is 452. The average Bonchev–Trinajstić information content (AvgIpc) is 2.37. The number of anilines is 1. The molecule has 2 nitrogen and oxygen atoms in total. The lowest BCUT2D eigenvalue weighted by molar-refractivity contribution is -0.137. The minimum Gasteiger partial charge on any atom is -0.384 e. The van der Waals surface area contributed by atoms with E-state index in [1.54, 1.807) is 17.8 Å². The number of benzene rings is 1. The summed E-state index contributed by atoms with van der Waals surface area (Å²) < 4.78 is 37.5. The summed E-state index contributed by atoms with van der Waals surface area (Å²) in [6.07, 6.45) is -0.428. The number of rotatable bonds is 6. The van der Waals surface area contributed by atoms with Crippen LogP contribution in [0.25, 0.3) is 0 Å². The molecule has 0 aliphatic rings. The maximum atomic E-state index is 12.5. The molecule has 0 aliphatic heterocycles. The van der Waals surface area contributed by atoms with Crippen molar-refractivity contribution in [1.29, 1.82) is 5.26 Å². The molecule has 1 aromatic rings. The molecule has 0 heterocycles. The van der Waals surface area contributed by atoms with Crippen molar-refractivity contribution >= 4 is 17.4 Å². The predicted molar refractivity (Wildman–Crippen MR) is 72.3 cm³/mol. The molecule has 0 aromatic heterocycles. The second-order valence-electron chi connectivity index (χ2n) is 4.00. The number of thioether (sulfide) groups is 1. The minimum atomic E-state index is -4.41. The normalized spacial score (nSPS) is 11.1. The van der Waals surface area contributed by atoms with Crippen LogP contribution in [0, 0.1) is 11.3 Å². The van der Waals surface area contributed by atoms with Crippen molar-refractivity contribution < 1.29 is 13.2 Å². The number of hydrogen-bond acceptors (Lipinski definition) is 3. The van der Waals surface area contributed by atoms with Crippen LogP contribution in [-0.4, -0.2) is 18.6 Å². The third kappa shape index (κ3) is 5.03. The van der Waals surface area contributed by atoms with Crippen molar-refractivity contribution in [3.8, 4) is 6.07 Å². The second kappa shape index (κ2) is 7.29. The van der Waals surface area contributed by atoms with E-state index >= 15 is 0 Å². The molecule has 6 heteroatoms.